The van der Waals surface area contributed by atoms with Gasteiger partial charge in [-0.25, -0.2) is 0 Å². The van der Waals surface area contributed by atoms with Crippen molar-refractivity contribution >= 4 is 5.91 Å². The van der Waals surface area contributed by atoms with E-state index in [0.29, 0.717) is 18.0 Å². The van der Waals surface area contributed by atoms with Gasteiger partial charge in [0.2, 0.25) is 0 Å². The van der Waals surface area contributed by atoms with E-state index >= 15 is 0 Å². The minimum atomic E-state index is -0.515. The van der Waals surface area contributed by atoms with Gasteiger partial charge < -0.3 is 32.9 Å². The number of benzene rings is 2. The van der Waals surface area contributed by atoms with Crippen LogP contribution in [0.3, 0.4) is 0 Å². The Hall–Kier alpha value is -2.24. The van der Waals surface area contributed by atoms with E-state index in [-0.39, 0.29) is 19.0 Å². The minimum absolute atomic E-state index is 0. The van der Waals surface area contributed by atoms with Gasteiger partial charge in [0.25, 0.3) is 5.91 Å². The molecule has 0 radical (unpaired) electrons. The Morgan fingerprint density at radius 3 is 2.54 bits per heavy atom. The third-order valence-electron chi connectivity index (χ3n) is 3.39. The average molecular weight is 350 g/mol. The molecule has 0 saturated heterocycles. The number of halogens is 1. The number of hydrogen-bond acceptors (Lipinski definition) is 4. The van der Waals surface area contributed by atoms with Crippen molar-refractivity contribution in [3.8, 4) is 11.5 Å². The van der Waals surface area contributed by atoms with Gasteiger partial charge >= 0.3 is 0 Å². The van der Waals surface area contributed by atoms with Crippen molar-refractivity contribution in [3.63, 3.8) is 0 Å². The minimum Gasteiger partial charge on any atom is -1.00 e. The molecule has 0 fully saturated rings. The fraction of sp³-hybridized carbons (Fsp3) is 0.278. The highest BCUT2D eigenvalue weighted by molar-refractivity contribution is 5.75. The molecule has 2 rings (SSSR count). The van der Waals surface area contributed by atoms with Crippen LogP contribution in [0.4, 0.5) is 0 Å². The quantitative estimate of drug-likeness (QED) is 0.563. The van der Waals surface area contributed by atoms with Crippen molar-refractivity contribution in [3.05, 3.63) is 59.7 Å². The molecule has 6 heteroatoms. The Bertz CT molecular complexity index is 635. The Morgan fingerprint density at radius 1 is 1.12 bits per heavy atom. The van der Waals surface area contributed by atoms with Gasteiger partial charge in [-0.2, -0.15) is 0 Å². The average Bonchev–Trinajstić information content (AvgIpc) is 2.58. The third kappa shape index (κ3) is 6.10. The smallest absolute Gasteiger partial charge is 0.255 e. The van der Waals surface area contributed by atoms with Crippen LogP contribution in [0.5, 0.6) is 11.5 Å². The van der Waals surface area contributed by atoms with E-state index in [4.69, 9.17) is 15.2 Å². The largest absolute Gasteiger partial charge is 1.00 e. The highest BCUT2D eigenvalue weighted by Gasteiger charge is 2.11. The van der Waals surface area contributed by atoms with Crippen LogP contribution >= 0.6 is 0 Å². The molecule has 3 N–H and O–H groups in total. The molecule has 0 unspecified atom stereocenters. The summed E-state index contributed by atoms with van der Waals surface area (Å²) >= 11 is 0. The Morgan fingerprint density at radius 2 is 1.88 bits per heavy atom. The maximum absolute atomic E-state index is 10.9. The molecular weight excluding hydrogens is 328 g/mol. The van der Waals surface area contributed by atoms with Crippen molar-refractivity contribution in [2.75, 3.05) is 20.3 Å². The molecule has 130 valence electrons. The first-order valence-electron chi connectivity index (χ1n) is 7.52. The number of ether oxygens (including phenoxy) is 2. The summed E-state index contributed by atoms with van der Waals surface area (Å²) in [4.78, 5) is 10.9. The monoisotopic (exact) mass is 349 g/mol. The molecule has 0 bridgehead atoms. The normalized spacial score (nSPS) is 9.88. The maximum Gasteiger partial charge on any atom is 0.255 e. The molecule has 24 heavy (non-hydrogen) atoms. The third-order valence-corrected chi connectivity index (χ3v) is 3.39. The van der Waals surface area contributed by atoms with E-state index in [0.717, 1.165) is 18.5 Å². The number of methoxy groups -OCH3 is 1. The summed E-state index contributed by atoms with van der Waals surface area (Å²) in [7, 11) is 1.57. The molecule has 0 atom stereocenters. The molecule has 0 spiro atoms. The number of rotatable bonds is 9. The van der Waals surface area contributed by atoms with Gasteiger partial charge in [-0.05, 0) is 24.6 Å². The van der Waals surface area contributed by atoms with E-state index < -0.39 is 5.91 Å². The molecule has 2 aromatic carbocycles. The van der Waals surface area contributed by atoms with Gasteiger partial charge in [0, 0.05) is 12.1 Å². The highest BCUT2D eigenvalue weighted by Crippen LogP contribution is 2.30. The number of nitrogens with one attached hydrogen (secondary N) is 1. The van der Waals surface area contributed by atoms with Gasteiger partial charge in [-0.3, -0.25) is 4.79 Å². The Balaban J connectivity index is 0.00000288. The van der Waals surface area contributed by atoms with Crippen LogP contribution < -0.4 is 32.9 Å². The van der Waals surface area contributed by atoms with Crippen molar-refractivity contribution < 1.29 is 26.7 Å². The number of carbonyl (C=O) groups is 1. The molecule has 5 nitrogen and oxygen atoms in total. The zero-order valence-corrected chi connectivity index (χ0v) is 14.4. The zero-order chi connectivity index (χ0) is 16.5. The molecule has 0 saturated carbocycles. The molecule has 0 aliphatic rings. The Kier molecular flexibility index (Phi) is 8.68. The van der Waals surface area contributed by atoms with Crippen LogP contribution in [0.15, 0.2) is 48.5 Å². The van der Waals surface area contributed by atoms with E-state index in [9.17, 15) is 4.79 Å². The highest BCUT2D eigenvalue weighted by atomic mass is 35.5. The Labute approximate surface area is 148 Å². The number of hydrogen-bond donors (Lipinski definition) is 2. The fourth-order valence-corrected chi connectivity index (χ4v) is 2.27. The number of primary amides is 1. The van der Waals surface area contributed by atoms with Crippen LogP contribution in [-0.4, -0.2) is 26.2 Å². The van der Waals surface area contributed by atoms with E-state index in [1.807, 2.05) is 30.3 Å². The second kappa shape index (κ2) is 10.5. The lowest BCUT2D eigenvalue weighted by Crippen LogP contribution is -3.00. The van der Waals surface area contributed by atoms with E-state index in [1.54, 1.807) is 13.2 Å². The van der Waals surface area contributed by atoms with Gasteiger partial charge in [0.1, 0.15) is 0 Å². The molecule has 0 aliphatic carbocycles. The number of carbonyl (C=O) groups excluding carboxylic acids is 1. The first-order chi connectivity index (χ1) is 11.2. The summed E-state index contributed by atoms with van der Waals surface area (Å²) in [6.45, 7) is 1.30. The van der Waals surface area contributed by atoms with Gasteiger partial charge in [-0.1, -0.05) is 42.5 Å². The summed E-state index contributed by atoms with van der Waals surface area (Å²) in [5.41, 5.74) is 7.36. The predicted octanol–water partition coefficient (Wildman–Crippen LogP) is -1.10. The molecule has 0 heterocycles. The number of nitrogens with two attached hydrogens (primary N) is 1. The second-order valence-electron chi connectivity index (χ2n) is 5.12. The number of amides is 1. The summed E-state index contributed by atoms with van der Waals surface area (Å²) in [5.74, 6) is 0.633. The fourth-order valence-electron chi connectivity index (χ4n) is 2.27. The summed E-state index contributed by atoms with van der Waals surface area (Å²) in [5, 5.41) is 3.38. The predicted molar refractivity (Wildman–Crippen MR) is 89.5 cm³/mol. The number of para-hydroxylation sites is 1. The van der Waals surface area contributed by atoms with Crippen molar-refractivity contribution in [1.29, 1.82) is 0 Å². The molecule has 0 aliphatic heterocycles. The van der Waals surface area contributed by atoms with E-state index in [1.165, 1.54) is 5.56 Å². The zero-order valence-electron chi connectivity index (χ0n) is 13.6. The lowest BCUT2D eigenvalue weighted by molar-refractivity contribution is -0.119. The first kappa shape index (κ1) is 19.8. The van der Waals surface area contributed by atoms with Gasteiger partial charge in [-0.15, -0.1) is 0 Å². The molecule has 1 amide bonds. The summed E-state index contributed by atoms with van der Waals surface area (Å²) in [6, 6.07) is 15.9. The van der Waals surface area contributed by atoms with Crippen molar-refractivity contribution in [2.45, 2.75) is 13.0 Å². The summed E-state index contributed by atoms with van der Waals surface area (Å²) in [6.07, 6.45) is 0.947. The van der Waals surface area contributed by atoms with Crippen molar-refractivity contribution in [2.24, 2.45) is 5.73 Å². The van der Waals surface area contributed by atoms with Crippen molar-refractivity contribution in [1.82, 2.24) is 5.32 Å². The molecule has 0 aromatic heterocycles. The SMILES string of the molecule is COc1cccc(CNCCc2ccccc2)c1OCC(N)=O.[Cl-]. The lowest BCUT2D eigenvalue weighted by Gasteiger charge is -2.14. The molecular formula is C18H22ClN2O3-. The standard InChI is InChI=1S/C18H22N2O3.ClH/c1-22-16-9-5-8-15(18(16)23-13-17(19)21)12-20-11-10-14-6-3-2-4-7-14;/h2-9,20H,10-13H2,1H3,(H2,19,21);1H/p-1. The maximum atomic E-state index is 10.9. The summed E-state index contributed by atoms with van der Waals surface area (Å²) < 4.78 is 10.8. The van der Waals surface area contributed by atoms with Crippen LogP contribution in [0.25, 0.3) is 0 Å². The van der Waals surface area contributed by atoms with Gasteiger partial charge in [0.05, 0.1) is 7.11 Å². The van der Waals surface area contributed by atoms with Crippen LogP contribution in [-0.2, 0) is 17.8 Å². The van der Waals surface area contributed by atoms with Gasteiger partial charge in [0.15, 0.2) is 18.1 Å². The lowest BCUT2D eigenvalue weighted by atomic mass is 10.1. The first-order valence-corrected chi connectivity index (χ1v) is 7.52. The van der Waals surface area contributed by atoms with E-state index in [2.05, 4.69) is 17.4 Å². The van der Waals surface area contributed by atoms with Crippen LogP contribution in [0.1, 0.15) is 11.1 Å². The topological polar surface area (TPSA) is 73.6 Å². The second-order valence-corrected chi connectivity index (χ2v) is 5.12. The van der Waals surface area contributed by atoms with Crippen LogP contribution in [0.2, 0.25) is 0 Å². The molecule has 2 aromatic rings. The van der Waals surface area contributed by atoms with Crippen LogP contribution in [0, 0.1) is 0 Å².